The van der Waals surface area contributed by atoms with Crippen molar-refractivity contribution in [1.29, 1.82) is 0 Å². The lowest BCUT2D eigenvalue weighted by molar-refractivity contribution is 0.590. The summed E-state index contributed by atoms with van der Waals surface area (Å²) in [7, 11) is 0. The summed E-state index contributed by atoms with van der Waals surface area (Å²) in [5.74, 6) is 0. The van der Waals surface area contributed by atoms with E-state index < -0.39 is 0 Å². The van der Waals surface area contributed by atoms with Crippen LogP contribution in [0.25, 0.3) is 0 Å². The Morgan fingerprint density at radius 1 is 1.00 bits per heavy atom. The monoisotopic (exact) mass is 112 g/mol. The minimum atomic E-state index is 0.259. The van der Waals surface area contributed by atoms with Crippen LogP contribution < -0.4 is 11.5 Å². The van der Waals surface area contributed by atoms with Crippen LogP contribution in [0, 0.1) is 0 Å². The van der Waals surface area contributed by atoms with Gasteiger partial charge in [0.05, 0.1) is 0 Å². The topological polar surface area (TPSA) is 52.0 Å². The normalized spacial score (nSPS) is 37.8. The first-order chi connectivity index (χ1) is 3.79. The highest BCUT2D eigenvalue weighted by molar-refractivity contribution is 5.02. The first kappa shape index (κ1) is 5.79. The first-order valence-corrected chi connectivity index (χ1v) is 2.98. The largest absolute Gasteiger partial charge is 0.324 e. The predicted octanol–water partition coefficient (Wildman–Crippen LogP) is -0.00900. The van der Waals surface area contributed by atoms with E-state index in [9.17, 15) is 0 Å². The Kier molecular flexibility index (Phi) is 1.65. The fourth-order valence-corrected chi connectivity index (χ4v) is 0.863. The Hall–Kier alpha value is -0.340. The van der Waals surface area contributed by atoms with Crippen LogP contribution in [0.1, 0.15) is 12.8 Å². The molecule has 0 spiro atoms. The van der Waals surface area contributed by atoms with Gasteiger partial charge in [0.25, 0.3) is 0 Å². The van der Waals surface area contributed by atoms with Gasteiger partial charge >= 0.3 is 0 Å². The van der Waals surface area contributed by atoms with Gasteiger partial charge in [0.15, 0.2) is 0 Å². The molecule has 1 rings (SSSR count). The van der Waals surface area contributed by atoms with Gasteiger partial charge in [-0.25, -0.2) is 0 Å². The van der Waals surface area contributed by atoms with E-state index in [4.69, 9.17) is 11.5 Å². The van der Waals surface area contributed by atoms with E-state index in [0.717, 1.165) is 12.8 Å². The lowest BCUT2D eigenvalue weighted by Gasteiger charge is -2.15. The lowest BCUT2D eigenvalue weighted by atomic mass is 10.0. The van der Waals surface area contributed by atoms with E-state index in [-0.39, 0.29) is 12.1 Å². The van der Waals surface area contributed by atoms with Crippen molar-refractivity contribution in [3.05, 3.63) is 12.2 Å². The molecule has 0 aromatic rings. The molecular weight excluding hydrogens is 100 g/mol. The van der Waals surface area contributed by atoms with Crippen LogP contribution in [0.2, 0.25) is 0 Å². The Morgan fingerprint density at radius 2 is 1.38 bits per heavy atom. The second-order valence-corrected chi connectivity index (χ2v) is 2.29. The average Bonchev–Trinajstić information content (AvgIpc) is 1.77. The molecule has 0 radical (unpaired) electrons. The maximum absolute atomic E-state index is 5.55. The van der Waals surface area contributed by atoms with Crippen LogP contribution in [0.5, 0.6) is 0 Å². The predicted molar refractivity (Wildman–Crippen MR) is 34.3 cm³/mol. The van der Waals surface area contributed by atoms with Gasteiger partial charge in [-0.2, -0.15) is 0 Å². The molecule has 4 N–H and O–H groups in total. The minimum Gasteiger partial charge on any atom is -0.324 e. The van der Waals surface area contributed by atoms with Crippen LogP contribution in [0.3, 0.4) is 0 Å². The molecule has 0 saturated heterocycles. The van der Waals surface area contributed by atoms with E-state index in [1.165, 1.54) is 0 Å². The highest BCUT2D eigenvalue weighted by Gasteiger charge is 2.06. The zero-order valence-corrected chi connectivity index (χ0v) is 4.88. The smallest absolute Gasteiger partial charge is 0.0224 e. The molecule has 0 aromatic carbocycles. The molecule has 0 heterocycles. The summed E-state index contributed by atoms with van der Waals surface area (Å²) in [5, 5.41) is 0. The molecule has 0 fully saturated rings. The summed E-state index contributed by atoms with van der Waals surface area (Å²) in [6.07, 6.45) is 6.04. The standard InChI is InChI=1S/C6H12N2/c7-5-1-2-6(8)4-3-5/h1-2,5-6H,3-4,7-8H2. The summed E-state index contributed by atoms with van der Waals surface area (Å²) in [5.41, 5.74) is 11.1. The van der Waals surface area contributed by atoms with Crippen LogP contribution >= 0.6 is 0 Å². The van der Waals surface area contributed by atoms with Crippen LogP contribution in [-0.2, 0) is 0 Å². The van der Waals surface area contributed by atoms with E-state index in [1.54, 1.807) is 0 Å². The van der Waals surface area contributed by atoms with Gasteiger partial charge in [-0.3, -0.25) is 0 Å². The third kappa shape index (κ3) is 1.32. The SMILES string of the molecule is NC1C=CC(N)CC1. The third-order valence-corrected chi connectivity index (χ3v) is 1.44. The summed E-state index contributed by atoms with van der Waals surface area (Å²) < 4.78 is 0. The summed E-state index contributed by atoms with van der Waals surface area (Å²) in [4.78, 5) is 0. The van der Waals surface area contributed by atoms with Gasteiger partial charge < -0.3 is 11.5 Å². The number of hydrogen-bond acceptors (Lipinski definition) is 2. The molecule has 1 aliphatic carbocycles. The highest BCUT2D eigenvalue weighted by atomic mass is 14.7. The molecule has 1 aliphatic rings. The van der Waals surface area contributed by atoms with Gasteiger partial charge in [0.1, 0.15) is 0 Å². The van der Waals surface area contributed by atoms with Crippen molar-refractivity contribution in [2.24, 2.45) is 11.5 Å². The molecule has 46 valence electrons. The second kappa shape index (κ2) is 2.29. The summed E-state index contributed by atoms with van der Waals surface area (Å²) in [6.45, 7) is 0. The van der Waals surface area contributed by atoms with Crippen molar-refractivity contribution in [3.63, 3.8) is 0 Å². The van der Waals surface area contributed by atoms with Crippen LogP contribution in [0.4, 0.5) is 0 Å². The maximum Gasteiger partial charge on any atom is 0.0224 e. The van der Waals surface area contributed by atoms with E-state index >= 15 is 0 Å². The molecule has 2 unspecified atom stereocenters. The zero-order chi connectivity index (χ0) is 5.98. The van der Waals surface area contributed by atoms with Gasteiger partial charge in [-0.05, 0) is 12.8 Å². The van der Waals surface area contributed by atoms with Gasteiger partial charge in [-0.15, -0.1) is 0 Å². The lowest BCUT2D eigenvalue weighted by Crippen LogP contribution is -2.28. The molecule has 0 bridgehead atoms. The van der Waals surface area contributed by atoms with Crippen LogP contribution in [-0.4, -0.2) is 12.1 Å². The van der Waals surface area contributed by atoms with Gasteiger partial charge in [0.2, 0.25) is 0 Å². The fourth-order valence-electron chi connectivity index (χ4n) is 0.863. The zero-order valence-electron chi connectivity index (χ0n) is 4.88. The minimum absolute atomic E-state index is 0.259. The number of nitrogens with two attached hydrogens (primary N) is 2. The molecule has 2 atom stereocenters. The molecule has 2 nitrogen and oxygen atoms in total. The van der Waals surface area contributed by atoms with Crippen molar-refractivity contribution in [1.82, 2.24) is 0 Å². The third-order valence-electron chi connectivity index (χ3n) is 1.44. The fraction of sp³-hybridized carbons (Fsp3) is 0.667. The first-order valence-electron chi connectivity index (χ1n) is 2.98. The van der Waals surface area contributed by atoms with E-state index in [1.807, 2.05) is 12.2 Å². The van der Waals surface area contributed by atoms with E-state index in [0.29, 0.717) is 0 Å². The van der Waals surface area contributed by atoms with Crippen molar-refractivity contribution in [2.75, 3.05) is 0 Å². The van der Waals surface area contributed by atoms with Gasteiger partial charge in [0, 0.05) is 12.1 Å². The quantitative estimate of drug-likeness (QED) is 0.433. The van der Waals surface area contributed by atoms with Crippen molar-refractivity contribution >= 4 is 0 Å². The molecule has 0 amide bonds. The molecule has 0 aliphatic heterocycles. The number of hydrogen-bond donors (Lipinski definition) is 2. The Balaban J connectivity index is 2.42. The molecule has 0 aromatic heterocycles. The van der Waals surface area contributed by atoms with Gasteiger partial charge in [-0.1, -0.05) is 12.2 Å². The molecule has 2 heteroatoms. The van der Waals surface area contributed by atoms with Crippen molar-refractivity contribution < 1.29 is 0 Å². The summed E-state index contributed by atoms with van der Waals surface area (Å²) >= 11 is 0. The Morgan fingerprint density at radius 3 is 1.62 bits per heavy atom. The van der Waals surface area contributed by atoms with Crippen molar-refractivity contribution in [3.8, 4) is 0 Å². The Labute approximate surface area is 49.5 Å². The summed E-state index contributed by atoms with van der Waals surface area (Å²) in [6, 6.07) is 0.518. The molecule has 0 saturated carbocycles. The maximum atomic E-state index is 5.55. The van der Waals surface area contributed by atoms with Crippen molar-refractivity contribution in [2.45, 2.75) is 24.9 Å². The Bertz CT molecular complexity index is 86.7. The number of rotatable bonds is 0. The molecular formula is C6H12N2. The molecule has 8 heavy (non-hydrogen) atoms. The second-order valence-electron chi connectivity index (χ2n) is 2.29. The van der Waals surface area contributed by atoms with E-state index in [2.05, 4.69) is 0 Å². The highest BCUT2D eigenvalue weighted by Crippen LogP contribution is 2.06. The van der Waals surface area contributed by atoms with Crippen LogP contribution in [0.15, 0.2) is 12.2 Å². The average molecular weight is 112 g/mol.